The molecule has 2 aromatic rings. The van der Waals surface area contributed by atoms with Crippen LogP contribution in [0.2, 0.25) is 0 Å². The van der Waals surface area contributed by atoms with Gasteiger partial charge in [-0.15, -0.1) is 11.3 Å². The van der Waals surface area contributed by atoms with Crippen molar-refractivity contribution >= 4 is 11.3 Å². The molecular weight excluding hydrogens is 234 g/mol. The zero-order chi connectivity index (χ0) is 12.4. The first-order valence-corrected chi connectivity index (χ1v) is 6.40. The molecule has 2 N–H and O–H groups in total. The Hall–Kier alpha value is -1.39. The molecular formula is C13H15NO2S. The third kappa shape index (κ3) is 2.33. The maximum Gasteiger partial charge on any atom is 0.251 e. The molecule has 0 aromatic carbocycles. The highest BCUT2D eigenvalue weighted by molar-refractivity contribution is 7.15. The molecule has 4 heteroatoms. The molecule has 0 aliphatic carbocycles. The van der Waals surface area contributed by atoms with Gasteiger partial charge in [-0.2, -0.15) is 0 Å². The van der Waals surface area contributed by atoms with Crippen LogP contribution < -0.4 is 5.56 Å². The Balaban J connectivity index is 2.54. The third-order valence-corrected chi connectivity index (χ3v) is 3.88. The number of H-pyrrole nitrogens is 1. The predicted octanol–water partition coefficient (Wildman–Crippen LogP) is 2.47. The van der Waals surface area contributed by atoms with Crippen molar-refractivity contribution in [2.24, 2.45) is 0 Å². The second-order valence-electron chi connectivity index (χ2n) is 3.94. The Labute approximate surface area is 104 Å². The molecule has 0 fully saturated rings. The van der Waals surface area contributed by atoms with E-state index < -0.39 is 0 Å². The Bertz CT molecular complexity index is 583. The molecule has 17 heavy (non-hydrogen) atoms. The summed E-state index contributed by atoms with van der Waals surface area (Å²) in [7, 11) is 0. The zero-order valence-corrected chi connectivity index (χ0v) is 10.7. The summed E-state index contributed by atoms with van der Waals surface area (Å²) >= 11 is 1.55. The number of thiophene rings is 1. The number of pyridine rings is 1. The Kier molecular flexibility index (Phi) is 3.45. The predicted molar refractivity (Wildman–Crippen MR) is 70.4 cm³/mol. The summed E-state index contributed by atoms with van der Waals surface area (Å²) < 4.78 is 0. The van der Waals surface area contributed by atoms with Crippen molar-refractivity contribution < 1.29 is 5.11 Å². The van der Waals surface area contributed by atoms with Crippen LogP contribution in [0.5, 0.6) is 0 Å². The topological polar surface area (TPSA) is 53.1 Å². The summed E-state index contributed by atoms with van der Waals surface area (Å²) in [5.74, 6) is 0. The van der Waals surface area contributed by atoms with E-state index in [9.17, 15) is 4.79 Å². The zero-order valence-electron chi connectivity index (χ0n) is 9.91. The summed E-state index contributed by atoms with van der Waals surface area (Å²) in [6.07, 6.45) is 0.723. The van der Waals surface area contributed by atoms with Crippen molar-refractivity contribution in [3.63, 3.8) is 0 Å². The molecule has 2 heterocycles. The fraction of sp³-hybridized carbons (Fsp3) is 0.308. The summed E-state index contributed by atoms with van der Waals surface area (Å²) in [5, 5.41) is 9.06. The maximum absolute atomic E-state index is 11.6. The molecule has 0 saturated carbocycles. The van der Waals surface area contributed by atoms with Crippen LogP contribution in [0.1, 0.15) is 23.1 Å². The average Bonchev–Trinajstić information content (AvgIpc) is 2.78. The van der Waals surface area contributed by atoms with E-state index in [4.69, 9.17) is 5.11 Å². The number of rotatable bonds is 3. The molecule has 0 atom stereocenters. The fourth-order valence-corrected chi connectivity index (χ4v) is 2.73. The molecule has 0 unspecified atom stereocenters. The number of hydrogen-bond acceptors (Lipinski definition) is 3. The quantitative estimate of drug-likeness (QED) is 0.878. The van der Waals surface area contributed by atoms with Crippen LogP contribution in [0.4, 0.5) is 0 Å². The van der Waals surface area contributed by atoms with Gasteiger partial charge in [-0.25, -0.2) is 0 Å². The van der Waals surface area contributed by atoms with Crippen LogP contribution in [0, 0.1) is 6.92 Å². The van der Waals surface area contributed by atoms with Gasteiger partial charge in [-0.1, -0.05) is 6.92 Å². The second-order valence-corrected chi connectivity index (χ2v) is 5.11. The Morgan fingerprint density at radius 3 is 2.76 bits per heavy atom. The van der Waals surface area contributed by atoms with Crippen molar-refractivity contribution in [3.8, 4) is 10.4 Å². The number of aliphatic hydroxyl groups is 1. The number of hydrogen-bond donors (Lipinski definition) is 2. The van der Waals surface area contributed by atoms with E-state index in [1.807, 2.05) is 32.0 Å². The molecule has 90 valence electrons. The van der Waals surface area contributed by atoms with Crippen molar-refractivity contribution in [1.29, 1.82) is 0 Å². The molecule has 2 rings (SSSR count). The molecule has 3 nitrogen and oxygen atoms in total. The summed E-state index contributed by atoms with van der Waals surface area (Å²) in [5.41, 5.74) is 2.71. The van der Waals surface area contributed by atoms with Crippen LogP contribution in [-0.2, 0) is 13.0 Å². The lowest BCUT2D eigenvalue weighted by Gasteiger charge is -2.05. The number of aryl methyl sites for hydroxylation is 2. The van der Waals surface area contributed by atoms with Gasteiger partial charge < -0.3 is 10.1 Å². The highest BCUT2D eigenvalue weighted by Crippen LogP contribution is 2.29. The van der Waals surface area contributed by atoms with Gasteiger partial charge in [0.1, 0.15) is 0 Å². The van der Waals surface area contributed by atoms with E-state index in [1.165, 1.54) is 0 Å². The van der Waals surface area contributed by atoms with Gasteiger partial charge in [-0.05, 0) is 31.5 Å². The molecule has 0 saturated heterocycles. The minimum absolute atomic E-state index is 0.00677. The monoisotopic (exact) mass is 249 g/mol. The van der Waals surface area contributed by atoms with E-state index in [1.54, 1.807) is 11.3 Å². The van der Waals surface area contributed by atoms with E-state index in [0.29, 0.717) is 0 Å². The fourth-order valence-electron chi connectivity index (χ4n) is 1.79. The highest BCUT2D eigenvalue weighted by atomic mass is 32.1. The largest absolute Gasteiger partial charge is 0.391 e. The molecule has 0 bridgehead atoms. The first-order valence-electron chi connectivity index (χ1n) is 5.58. The van der Waals surface area contributed by atoms with Gasteiger partial charge in [0, 0.05) is 26.6 Å². The summed E-state index contributed by atoms with van der Waals surface area (Å²) in [4.78, 5) is 16.5. The van der Waals surface area contributed by atoms with Crippen LogP contribution in [0.3, 0.4) is 0 Å². The van der Waals surface area contributed by atoms with E-state index in [-0.39, 0.29) is 12.2 Å². The maximum atomic E-state index is 11.6. The van der Waals surface area contributed by atoms with Gasteiger partial charge >= 0.3 is 0 Å². The van der Waals surface area contributed by atoms with E-state index >= 15 is 0 Å². The lowest BCUT2D eigenvalue weighted by Crippen LogP contribution is -2.13. The number of aromatic nitrogens is 1. The van der Waals surface area contributed by atoms with E-state index in [2.05, 4.69) is 4.98 Å². The number of aromatic amines is 1. The van der Waals surface area contributed by atoms with Crippen LogP contribution >= 0.6 is 11.3 Å². The lowest BCUT2D eigenvalue weighted by molar-refractivity contribution is 0.285. The molecule has 0 amide bonds. The highest BCUT2D eigenvalue weighted by Gasteiger charge is 2.08. The van der Waals surface area contributed by atoms with Gasteiger partial charge in [0.05, 0.1) is 6.61 Å². The van der Waals surface area contributed by atoms with Crippen LogP contribution in [0.25, 0.3) is 10.4 Å². The van der Waals surface area contributed by atoms with Gasteiger partial charge in [0.25, 0.3) is 5.56 Å². The summed E-state index contributed by atoms with van der Waals surface area (Å²) in [6, 6.07) is 5.84. The average molecular weight is 249 g/mol. The normalized spacial score (nSPS) is 10.8. The lowest BCUT2D eigenvalue weighted by atomic mass is 10.1. The van der Waals surface area contributed by atoms with Gasteiger partial charge in [-0.3, -0.25) is 4.79 Å². The van der Waals surface area contributed by atoms with Crippen LogP contribution in [0.15, 0.2) is 23.0 Å². The van der Waals surface area contributed by atoms with Crippen molar-refractivity contribution in [1.82, 2.24) is 4.98 Å². The molecule has 2 aromatic heterocycles. The van der Waals surface area contributed by atoms with Crippen LogP contribution in [-0.4, -0.2) is 10.1 Å². The number of nitrogens with one attached hydrogen (secondary N) is 1. The van der Waals surface area contributed by atoms with Crippen molar-refractivity contribution in [2.75, 3.05) is 0 Å². The second kappa shape index (κ2) is 4.85. The van der Waals surface area contributed by atoms with Gasteiger partial charge in [0.15, 0.2) is 0 Å². The molecule has 0 spiro atoms. The standard InChI is InChI=1S/C13H15NO2S/c1-3-9-6-11(8(2)14-13(9)16)12-5-4-10(7-15)17-12/h4-6,15H,3,7H2,1-2H3,(H,14,16). The minimum atomic E-state index is -0.00677. The Morgan fingerprint density at radius 1 is 1.41 bits per heavy atom. The van der Waals surface area contributed by atoms with E-state index in [0.717, 1.165) is 33.0 Å². The molecule has 0 aliphatic rings. The van der Waals surface area contributed by atoms with Gasteiger partial charge in [0.2, 0.25) is 0 Å². The molecule has 0 aliphatic heterocycles. The van der Waals surface area contributed by atoms with Crippen molar-refractivity contribution in [3.05, 3.63) is 44.7 Å². The summed E-state index contributed by atoms with van der Waals surface area (Å²) in [6.45, 7) is 3.93. The number of aliphatic hydroxyl groups excluding tert-OH is 1. The third-order valence-electron chi connectivity index (χ3n) is 2.78. The Morgan fingerprint density at radius 2 is 2.18 bits per heavy atom. The van der Waals surface area contributed by atoms with Crippen molar-refractivity contribution in [2.45, 2.75) is 26.9 Å². The first-order chi connectivity index (χ1) is 8.15. The SMILES string of the molecule is CCc1cc(-c2ccc(CO)s2)c(C)[nH]c1=O. The smallest absolute Gasteiger partial charge is 0.251 e. The first kappa shape index (κ1) is 12.1. The minimum Gasteiger partial charge on any atom is -0.391 e. The molecule has 0 radical (unpaired) electrons.